The first-order valence-corrected chi connectivity index (χ1v) is 9.62. The molecule has 0 unspecified atom stereocenters. The first-order valence-electron chi connectivity index (χ1n) is 7.78. The van der Waals surface area contributed by atoms with Crippen molar-refractivity contribution in [3.8, 4) is 5.75 Å². The van der Waals surface area contributed by atoms with Crippen LogP contribution in [-0.2, 0) is 27.9 Å². The van der Waals surface area contributed by atoms with Gasteiger partial charge in [-0.05, 0) is 11.6 Å². The number of rotatable bonds is 8. The molecule has 0 aliphatic rings. The molecular weight excluding hydrogens is 340 g/mol. The smallest absolute Gasteiger partial charge is 0.235 e. The minimum atomic E-state index is -3.51. The summed E-state index contributed by atoms with van der Waals surface area (Å²) in [6.45, 7) is 0.191. The van der Waals surface area contributed by atoms with Crippen molar-refractivity contribution in [1.29, 1.82) is 0 Å². The lowest BCUT2D eigenvalue weighted by molar-refractivity contribution is -0.121. The number of sulfonamides is 1. The van der Waals surface area contributed by atoms with E-state index in [0.29, 0.717) is 5.75 Å². The lowest BCUT2D eigenvalue weighted by atomic mass is 10.2. The molecule has 0 radical (unpaired) electrons. The van der Waals surface area contributed by atoms with Crippen LogP contribution in [0.5, 0.6) is 5.75 Å². The van der Waals surface area contributed by atoms with Crippen molar-refractivity contribution < 1.29 is 17.9 Å². The Balaban J connectivity index is 2.00. The molecule has 0 aliphatic carbocycles. The van der Waals surface area contributed by atoms with Crippen molar-refractivity contribution in [3.05, 3.63) is 65.7 Å². The topological polar surface area (TPSA) is 75.7 Å². The molecule has 0 aliphatic heterocycles. The fourth-order valence-corrected chi connectivity index (χ4v) is 3.07. The van der Waals surface area contributed by atoms with Crippen LogP contribution in [0.15, 0.2) is 54.6 Å². The number of benzene rings is 2. The highest BCUT2D eigenvalue weighted by Gasteiger charge is 2.20. The van der Waals surface area contributed by atoms with Crippen LogP contribution in [-0.4, -0.2) is 38.5 Å². The number of amides is 1. The number of hydrogen-bond donors (Lipinski definition) is 1. The van der Waals surface area contributed by atoms with Gasteiger partial charge in [-0.15, -0.1) is 0 Å². The van der Waals surface area contributed by atoms with E-state index in [2.05, 4.69) is 5.32 Å². The normalized spacial score (nSPS) is 11.3. The van der Waals surface area contributed by atoms with E-state index in [1.165, 1.54) is 0 Å². The van der Waals surface area contributed by atoms with Crippen molar-refractivity contribution in [2.24, 2.45) is 0 Å². The number of ether oxygens (including phenoxy) is 1. The van der Waals surface area contributed by atoms with Crippen LogP contribution >= 0.6 is 0 Å². The predicted octanol–water partition coefficient (Wildman–Crippen LogP) is 1.77. The molecule has 2 aromatic rings. The number of nitrogens with one attached hydrogen (secondary N) is 1. The molecule has 7 heteroatoms. The highest BCUT2D eigenvalue weighted by molar-refractivity contribution is 7.88. The predicted molar refractivity (Wildman–Crippen MR) is 96.5 cm³/mol. The van der Waals surface area contributed by atoms with Crippen molar-refractivity contribution >= 4 is 15.9 Å². The Bertz CT molecular complexity index is 807. The van der Waals surface area contributed by atoms with Gasteiger partial charge in [-0.1, -0.05) is 48.5 Å². The molecule has 0 spiro atoms. The molecule has 0 fully saturated rings. The Hall–Kier alpha value is -2.38. The summed E-state index contributed by atoms with van der Waals surface area (Å²) in [5.74, 6) is 0.305. The zero-order chi connectivity index (χ0) is 18.3. The van der Waals surface area contributed by atoms with Crippen LogP contribution in [0, 0.1) is 0 Å². The number of methoxy groups -OCH3 is 1. The third-order valence-corrected chi connectivity index (χ3v) is 4.86. The van der Waals surface area contributed by atoms with Gasteiger partial charge in [-0.3, -0.25) is 4.79 Å². The lowest BCUT2D eigenvalue weighted by Gasteiger charge is -2.19. The molecule has 25 heavy (non-hydrogen) atoms. The van der Waals surface area contributed by atoms with Gasteiger partial charge in [0, 0.05) is 18.7 Å². The van der Waals surface area contributed by atoms with E-state index in [0.717, 1.165) is 21.7 Å². The third kappa shape index (κ3) is 5.88. The van der Waals surface area contributed by atoms with Crippen molar-refractivity contribution in [2.45, 2.75) is 13.1 Å². The Morgan fingerprint density at radius 3 is 2.36 bits per heavy atom. The van der Waals surface area contributed by atoms with Gasteiger partial charge in [0.25, 0.3) is 0 Å². The number of carbonyl (C=O) groups is 1. The maximum atomic E-state index is 12.2. The summed E-state index contributed by atoms with van der Waals surface area (Å²) >= 11 is 0. The Kier molecular flexibility index (Phi) is 6.55. The second-order valence-corrected chi connectivity index (χ2v) is 7.59. The van der Waals surface area contributed by atoms with Gasteiger partial charge in [-0.25, -0.2) is 8.42 Å². The van der Waals surface area contributed by atoms with Crippen LogP contribution in [0.2, 0.25) is 0 Å². The van der Waals surface area contributed by atoms with E-state index < -0.39 is 10.0 Å². The summed E-state index contributed by atoms with van der Waals surface area (Å²) in [6, 6.07) is 16.5. The maximum absolute atomic E-state index is 12.2. The van der Waals surface area contributed by atoms with Crippen molar-refractivity contribution in [1.82, 2.24) is 9.62 Å². The average molecular weight is 362 g/mol. The zero-order valence-electron chi connectivity index (χ0n) is 14.3. The van der Waals surface area contributed by atoms with E-state index in [4.69, 9.17) is 4.74 Å². The Morgan fingerprint density at radius 2 is 1.72 bits per heavy atom. The van der Waals surface area contributed by atoms with Crippen LogP contribution in [0.3, 0.4) is 0 Å². The highest BCUT2D eigenvalue weighted by atomic mass is 32.2. The van der Waals surface area contributed by atoms with Crippen LogP contribution in [0.1, 0.15) is 11.1 Å². The SMILES string of the molecule is COc1ccccc1CNC(=O)CN(Cc1ccccc1)S(C)(=O)=O. The number of nitrogens with zero attached hydrogens (tertiary/aromatic N) is 1. The molecule has 1 N–H and O–H groups in total. The van der Waals surface area contributed by atoms with Gasteiger partial charge in [0.05, 0.1) is 19.9 Å². The monoisotopic (exact) mass is 362 g/mol. The average Bonchev–Trinajstić information content (AvgIpc) is 2.59. The van der Waals surface area contributed by atoms with Crippen LogP contribution < -0.4 is 10.1 Å². The van der Waals surface area contributed by atoms with Crippen molar-refractivity contribution in [3.63, 3.8) is 0 Å². The van der Waals surface area contributed by atoms with E-state index in [-0.39, 0.29) is 25.5 Å². The van der Waals surface area contributed by atoms with Gasteiger partial charge in [0.2, 0.25) is 15.9 Å². The molecule has 6 nitrogen and oxygen atoms in total. The molecule has 0 heterocycles. The quantitative estimate of drug-likeness (QED) is 0.777. The molecule has 2 rings (SSSR count). The van der Waals surface area contributed by atoms with Crippen molar-refractivity contribution in [2.75, 3.05) is 19.9 Å². The maximum Gasteiger partial charge on any atom is 0.235 e. The largest absolute Gasteiger partial charge is 0.496 e. The minimum Gasteiger partial charge on any atom is -0.496 e. The molecule has 1 amide bonds. The molecule has 134 valence electrons. The Labute approximate surface area is 148 Å². The van der Waals surface area contributed by atoms with E-state index in [1.807, 2.05) is 48.5 Å². The second kappa shape index (κ2) is 8.64. The number of hydrogen-bond acceptors (Lipinski definition) is 4. The van der Waals surface area contributed by atoms with Gasteiger partial charge < -0.3 is 10.1 Å². The molecule has 0 aromatic heterocycles. The summed E-state index contributed by atoms with van der Waals surface area (Å²) in [6.07, 6.45) is 1.10. The summed E-state index contributed by atoms with van der Waals surface area (Å²) < 4.78 is 30.3. The summed E-state index contributed by atoms with van der Waals surface area (Å²) in [5, 5.41) is 2.74. The summed E-state index contributed by atoms with van der Waals surface area (Å²) in [5.41, 5.74) is 1.65. The fourth-order valence-electron chi connectivity index (χ4n) is 2.34. The Morgan fingerprint density at radius 1 is 1.08 bits per heavy atom. The number of para-hydroxylation sites is 1. The molecule has 0 atom stereocenters. The third-order valence-electron chi connectivity index (χ3n) is 3.66. The molecule has 0 saturated heterocycles. The zero-order valence-corrected chi connectivity index (χ0v) is 15.1. The first kappa shape index (κ1) is 19.0. The van der Waals surface area contributed by atoms with E-state index in [9.17, 15) is 13.2 Å². The molecule has 2 aromatic carbocycles. The highest BCUT2D eigenvalue weighted by Crippen LogP contribution is 2.16. The lowest BCUT2D eigenvalue weighted by Crippen LogP contribution is -2.39. The van der Waals surface area contributed by atoms with E-state index in [1.54, 1.807) is 13.2 Å². The standard InChI is InChI=1S/C18H22N2O4S/c1-24-17-11-7-6-10-16(17)12-19-18(21)14-20(25(2,22)23)13-15-8-4-3-5-9-15/h3-11H,12-14H2,1-2H3,(H,19,21). The van der Waals surface area contributed by atoms with E-state index >= 15 is 0 Å². The van der Waals surface area contributed by atoms with Gasteiger partial charge in [0.15, 0.2) is 0 Å². The summed E-state index contributed by atoms with van der Waals surface area (Å²) in [7, 11) is -1.94. The molecular formula is C18H22N2O4S. The van der Waals surface area contributed by atoms with Crippen LogP contribution in [0.25, 0.3) is 0 Å². The second-order valence-electron chi connectivity index (χ2n) is 5.61. The summed E-state index contributed by atoms with van der Waals surface area (Å²) in [4.78, 5) is 12.2. The molecule has 0 saturated carbocycles. The van der Waals surface area contributed by atoms with Crippen LogP contribution in [0.4, 0.5) is 0 Å². The first-order chi connectivity index (χ1) is 11.9. The van der Waals surface area contributed by atoms with Gasteiger partial charge in [0.1, 0.15) is 5.75 Å². The minimum absolute atomic E-state index is 0.155. The molecule has 0 bridgehead atoms. The van der Waals surface area contributed by atoms with Gasteiger partial charge >= 0.3 is 0 Å². The van der Waals surface area contributed by atoms with Gasteiger partial charge in [-0.2, -0.15) is 4.31 Å². The number of carbonyl (C=O) groups excluding carboxylic acids is 1. The fraction of sp³-hybridized carbons (Fsp3) is 0.278.